The molecule has 5 heteroatoms. The van der Waals surface area contributed by atoms with Crippen molar-refractivity contribution < 1.29 is 0 Å². The number of hydrogen-bond acceptors (Lipinski definition) is 2. The predicted octanol–water partition coefficient (Wildman–Crippen LogP) is 2.04. The van der Waals surface area contributed by atoms with E-state index in [0.717, 1.165) is 6.42 Å². The highest BCUT2D eigenvalue weighted by molar-refractivity contribution is 7.71. The zero-order chi connectivity index (χ0) is 11.5. The Kier molecular flexibility index (Phi) is 3.05. The second kappa shape index (κ2) is 4.49. The van der Waals surface area contributed by atoms with Gasteiger partial charge in [0, 0.05) is 6.04 Å². The van der Waals surface area contributed by atoms with Crippen molar-refractivity contribution >= 4 is 12.2 Å². The summed E-state index contributed by atoms with van der Waals surface area (Å²) in [7, 11) is 0. The minimum absolute atomic E-state index is 0.0462. The van der Waals surface area contributed by atoms with E-state index < -0.39 is 0 Å². The number of aromatic nitrogens is 3. The van der Waals surface area contributed by atoms with Gasteiger partial charge in [0.05, 0.1) is 0 Å². The van der Waals surface area contributed by atoms with Gasteiger partial charge in [-0.1, -0.05) is 30.3 Å². The van der Waals surface area contributed by atoms with Crippen LogP contribution in [0.4, 0.5) is 0 Å². The minimum Gasteiger partial charge on any atom is -0.272 e. The highest BCUT2D eigenvalue weighted by atomic mass is 32.1. The molecule has 0 amide bonds. The molecule has 0 spiro atoms. The van der Waals surface area contributed by atoms with Gasteiger partial charge in [-0.2, -0.15) is 0 Å². The first-order valence-corrected chi connectivity index (χ1v) is 5.52. The van der Waals surface area contributed by atoms with E-state index in [1.54, 1.807) is 4.57 Å². The third-order valence-electron chi connectivity index (χ3n) is 2.53. The molecule has 0 saturated carbocycles. The third-order valence-corrected chi connectivity index (χ3v) is 2.83. The van der Waals surface area contributed by atoms with Gasteiger partial charge in [-0.15, -0.1) is 0 Å². The fourth-order valence-corrected chi connectivity index (χ4v) is 2.08. The largest absolute Gasteiger partial charge is 0.342 e. The van der Waals surface area contributed by atoms with Crippen LogP contribution >= 0.6 is 12.2 Å². The SMILES string of the molecule is CC(Cc1ccccc1)n1c(=O)[nH][nH]c1=S. The molecule has 0 fully saturated rings. The third kappa shape index (κ3) is 2.14. The number of rotatable bonds is 3. The fraction of sp³-hybridized carbons (Fsp3) is 0.273. The van der Waals surface area contributed by atoms with Gasteiger partial charge in [0.15, 0.2) is 4.77 Å². The first kappa shape index (κ1) is 10.9. The average Bonchev–Trinajstić information content (AvgIpc) is 2.60. The summed E-state index contributed by atoms with van der Waals surface area (Å²) in [6.45, 7) is 1.98. The standard InChI is InChI=1S/C11H13N3OS/c1-8(7-9-5-3-2-4-6-9)14-10(15)12-13-11(14)16/h2-6,8H,7H2,1H3,(H,12,15)(H,13,16). The van der Waals surface area contributed by atoms with E-state index in [1.165, 1.54) is 5.56 Å². The zero-order valence-corrected chi connectivity index (χ0v) is 9.75. The molecule has 2 N–H and O–H groups in total. The molecule has 0 radical (unpaired) electrons. The summed E-state index contributed by atoms with van der Waals surface area (Å²) in [5, 5.41) is 5.13. The maximum absolute atomic E-state index is 11.5. The highest BCUT2D eigenvalue weighted by Gasteiger charge is 2.09. The van der Waals surface area contributed by atoms with E-state index in [-0.39, 0.29) is 11.7 Å². The molecule has 16 heavy (non-hydrogen) atoms. The molecule has 0 aliphatic carbocycles. The van der Waals surface area contributed by atoms with Crippen LogP contribution in [-0.2, 0) is 6.42 Å². The van der Waals surface area contributed by atoms with Crippen molar-refractivity contribution in [2.24, 2.45) is 0 Å². The Hall–Kier alpha value is -1.62. The van der Waals surface area contributed by atoms with Gasteiger partial charge in [-0.05, 0) is 31.1 Å². The summed E-state index contributed by atoms with van der Waals surface area (Å²) in [6, 6.07) is 10.1. The first-order chi connectivity index (χ1) is 7.68. The lowest BCUT2D eigenvalue weighted by atomic mass is 10.1. The Morgan fingerprint density at radius 2 is 2.00 bits per heavy atom. The van der Waals surface area contributed by atoms with E-state index >= 15 is 0 Å². The van der Waals surface area contributed by atoms with Crippen LogP contribution in [0.3, 0.4) is 0 Å². The van der Waals surface area contributed by atoms with Gasteiger partial charge in [0.1, 0.15) is 0 Å². The summed E-state index contributed by atoms with van der Waals surface area (Å²) in [5.74, 6) is 0. The number of benzene rings is 1. The molecule has 4 nitrogen and oxygen atoms in total. The van der Waals surface area contributed by atoms with Gasteiger partial charge in [0.25, 0.3) is 0 Å². The zero-order valence-electron chi connectivity index (χ0n) is 8.93. The first-order valence-electron chi connectivity index (χ1n) is 5.11. The Labute approximate surface area is 97.9 Å². The second-order valence-electron chi connectivity index (χ2n) is 3.77. The van der Waals surface area contributed by atoms with E-state index in [9.17, 15) is 4.79 Å². The van der Waals surface area contributed by atoms with Crippen LogP contribution < -0.4 is 5.69 Å². The minimum atomic E-state index is -0.187. The van der Waals surface area contributed by atoms with Gasteiger partial charge < -0.3 is 0 Å². The van der Waals surface area contributed by atoms with Gasteiger partial charge in [-0.3, -0.25) is 9.67 Å². The average molecular weight is 235 g/mol. The smallest absolute Gasteiger partial charge is 0.272 e. The molecule has 2 rings (SSSR count). The van der Waals surface area contributed by atoms with Crippen LogP contribution in [0.1, 0.15) is 18.5 Å². The summed E-state index contributed by atoms with van der Waals surface area (Å²) in [4.78, 5) is 11.5. The molecule has 2 aromatic rings. The number of H-pyrrole nitrogens is 2. The number of nitrogens with one attached hydrogen (secondary N) is 2. The van der Waals surface area contributed by atoms with Crippen molar-refractivity contribution in [2.75, 3.05) is 0 Å². The van der Waals surface area contributed by atoms with Crippen molar-refractivity contribution in [1.29, 1.82) is 0 Å². The molecule has 0 bridgehead atoms. The van der Waals surface area contributed by atoms with E-state index in [2.05, 4.69) is 10.2 Å². The van der Waals surface area contributed by atoms with E-state index in [1.807, 2.05) is 37.3 Å². The number of aromatic amines is 2. The van der Waals surface area contributed by atoms with E-state index in [4.69, 9.17) is 12.2 Å². The van der Waals surface area contributed by atoms with Crippen LogP contribution in [0.15, 0.2) is 35.1 Å². The number of nitrogens with zero attached hydrogens (tertiary/aromatic N) is 1. The molecule has 0 aliphatic rings. The molecule has 1 unspecified atom stereocenters. The maximum atomic E-state index is 11.5. The summed E-state index contributed by atoms with van der Waals surface area (Å²) in [5.41, 5.74) is 1.01. The van der Waals surface area contributed by atoms with Crippen molar-refractivity contribution in [3.05, 3.63) is 51.2 Å². The molecule has 0 saturated heterocycles. The van der Waals surface area contributed by atoms with Crippen LogP contribution in [0.5, 0.6) is 0 Å². The Morgan fingerprint density at radius 1 is 1.31 bits per heavy atom. The topological polar surface area (TPSA) is 53.6 Å². The Balaban J connectivity index is 2.25. The lowest BCUT2D eigenvalue weighted by Crippen LogP contribution is -2.22. The van der Waals surface area contributed by atoms with Crippen LogP contribution in [0.2, 0.25) is 0 Å². The second-order valence-corrected chi connectivity index (χ2v) is 4.16. The Morgan fingerprint density at radius 3 is 2.56 bits per heavy atom. The van der Waals surface area contributed by atoms with Gasteiger partial charge in [0.2, 0.25) is 0 Å². The number of hydrogen-bond donors (Lipinski definition) is 2. The summed E-state index contributed by atoms with van der Waals surface area (Å²) < 4.78 is 2.00. The Bertz CT molecular complexity index is 539. The molecule has 1 atom stereocenters. The van der Waals surface area contributed by atoms with E-state index in [0.29, 0.717) is 4.77 Å². The van der Waals surface area contributed by atoms with Crippen molar-refractivity contribution in [2.45, 2.75) is 19.4 Å². The molecule has 1 heterocycles. The molecule has 0 aliphatic heterocycles. The highest BCUT2D eigenvalue weighted by Crippen LogP contribution is 2.11. The molecule has 84 valence electrons. The monoisotopic (exact) mass is 235 g/mol. The molecule has 1 aromatic carbocycles. The van der Waals surface area contributed by atoms with Crippen LogP contribution in [0, 0.1) is 4.77 Å². The molecular weight excluding hydrogens is 222 g/mol. The molecular formula is C11H13N3OS. The van der Waals surface area contributed by atoms with Gasteiger partial charge in [-0.25, -0.2) is 9.89 Å². The molecule has 1 aromatic heterocycles. The maximum Gasteiger partial charge on any atom is 0.342 e. The van der Waals surface area contributed by atoms with Crippen molar-refractivity contribution in [3.63, 3.8) is 0 Å². The lowest BCUT2D eigenvalue weighted by molar-refractivity contribution is 0.522. The van der Waals surface area contributed by atoms with Crippen LogP contribution in [-0.4, -0.2) is 14.8 Å². The lowest BCUT2D eigenvalue weighted by Gasteiger charge is -2.11. The normalized spacial score (nSPS) is 12.6. The quantitative estimate of drug-likeness (QED) is 0.800. The predicted molar refractivity (Wildman–Crippen MR) is 65.1 cm³/mol. The summed E-state index contributed by atoms with van der Waals surface area (Å²) in [6.07, 6.45) is 0.788. The van der Waals surface area contributed by atoms with Gasteiger partial charge >= 0.3 is 5.69 Å². The summed E-state index contributed by atoms with van der Waals surface area (Å²) >= 11 is 5.04. The van der Waals surface area contributed by atoms with Crippen molar-refractivity contribution in [1.82, 2.24) is 14.8 Å². The fourth-order valence-electron chi connectivity index (χ4n) is 1.77. The van der Waals surface area contributed by atoms with Crippen molar-refractivity contribution in [3.8, 4) is 0 Å². The van der Waals surface area contributed by atoms with Crippen LogP contribution in [0.25, 0.3) is 0 Å².